The van der Waals surface area contributed by atoms with E-state index >= 15 is 0 Å². The van der Waals surface area contributed by atoms with Crippen molar-refractivity contribution >= 4 is 17.5 Å². The van der Waals surface area contributed by atoms with Crippen LogP contribution >= 0.6 is 11.6 Å². The van der Waals surface area contributed by atoms with E-state index in [0.717, 1.165) is 50.5 Å². The maximum atomic E-state index is 8.78. The number of hydrogen-bond acceptors (Lipinski definition) is 8. The third-order valence-electron chi connectivity index (χ3n) is 4.80. The largest absolute Gasteiger partial charge is 0.491 e. The van der Waals surface area contributed by atoms with E-state index in [1.165, 1.54) is 6.20 Å². The molecule has 0 amide bonds. The van der Waals surface area contributed by atoms with E-state index in [1.807, 2.05) is 24.3 Å². The van der Waals surface area contributed by atoms with Crippen LogP contribution in [0.3, 0.4) is 0 Å². The van der Waals surface area contributed by atoms with Gasteiger partial charge in [0.2, 0.25) is 5.95 Å². The average Bonchev–Trinajstić information content (AvgIpc) is 2.75. The van der Waals surface area contributed by atoms with Gasteiger partial charge >= 0.3 is 0 Å². The fraction of sp³-hybridized carbons (Fsp3) is 0.524. The lowest BCUT2D eigenvalue weighted by Gasteiger charge is -2.29. The molecule has 2 aliphatic rings. The van der Waals surface area contributed by atoms with E-state index < -0.39 is 0 Å². The second kappa shape index (κ2) is 11.4. The zero-order valence-electron chi connectivity index (χ0n) is 17.2. The van der Waals surface area contributed by atoms with Gasteiger partial charge in [-0.1, -0.05) is 11.6 Å². The van der Waals surface area contributed by atoms with Crippen molar-refractivity contribution < 1.29 is 19.3 Å². The van der Waals surface area contributed by atoms with Gasteiger partial charge in [0, 0.05) is 25.3 Å². The predicted molar refractivity (Wildman–Crippen MR) is 116 cm³/mol. The summed E-state index contributed by atoms with van der Waals surface area (Å²) in [5.41, 5.74) is 7.09. The number of nitrogens with zero attached hydrogens (tertiary/aromatic N) is 3. The number of likely N-dealkylation sites (N-methyl/N-ethyl adjacent to an activating group) is 1. The molecular weight excluding hydrogens is 408 g/mol. The molecule has 0 radical (unpaired) electrons. The molecule has 164 valence electrons. The minimum Gasteiger partial charge on any atom is -0.491 e. The van der Waals surface area contributed by atoms with E-state index in [0.29, 0.717) is 23.9 Å². The van der Waals surface area contributed by atoms with E-state index in [-0.39, 0.29) is 18.2 Å². The number of morpholine rings is 1. The van der Waals surface area contributed by atoms with Crippen LogP contribution in [0.1, 0.15) is 12.8 Å². The molecule has 8 nitrogen and oxygen atoms in total. The van der Waals surface area contributed by atoms with Gasteiger partial charge in [-0.2, -0.15) is 0 Å². The minimum absolute atomic E-state index is 0.101. The molecule has 4 rings (SSSR count). The second-order valence-electron chi connectivity index (χ2n) is 7.39. The van der Waals surface area contributed by atoms with E-state index in [4.69, 9.17) is 36.7 Å². The highest BCUT2D eigenvalue weighted by atomic mass is 35.5. The Morgan fingerprint density at radius 3 is 2.73 bits per heavy atom. The molecular formula is C21H29ClN4O4. The number of rotatable bonds is 4. The lowest BCUT2D eigenvalue weighted by molar-refractivity contribution is -0.0403. The molecule has 0 saturated carbocycles. The number of ether oxygens (including phenoxy) is 3. The van der Waals surface area contributed by atoms with Crippen LogP contribution in [0.5, 0.6) is 5.75 Å². The molecule has 0 bridgehead atoms. The highest BCUT2D eigenvalue weighted by Crippen LogP contribution is 2.27. The van der Waals surface area contributed by atoms with Crippen molar-refractivity contribution in [3.05, 3.63) is 35.5 Å². The van der Waals surface area contributed by atoms with E-state index in [9.17, 15) is 0 Å². The van der Waals surface area contributed by atoms with Crippen LogP contribution in [-0.2, 0) is 9.47 Å². The Hall–Kier alpha value is -1.97. The number of aliphatic hydroxyl groups is 1. The molecule has 1 aromatic carbocycles. The Balaban J connectivity index is 0.000000310. The van der Waals surface area contributed by atoms with Crippen LogP contribution in [0.15, 0.2) is 30.5 Å². The molecule has 2 atom stereocenters. The third-order valence-corrected chi connectivity index (χ3v) is 5.08. The molecule has 2 unspecified atom stereocenters. The molecule has 0 aliphatic carbocycles. The standard InChI is InChI=1S/C16H19ClN4O2.C5H10O2/c1-21-6-7-22-13(9-21)10-23-12-4-2-11(3-5-12)15-14(17)8-19-16(18)20-15;6-5-2-1-3-7-4-5/h2-5,8,13H,6-7,9-10H2,1H3,(H2,18,19,20);5-6H,1-4H2. The van der Waals surface area contributed by atoms with Crippen molar-refractivity contribution in [2.75, 3.05) is 52.3 Å². The number of benzene rings is 1. The highest BCUT2D eigenvalue weighted by molar-refractivity contribution is 6.32. The molecule has 2 aliphatic heterocycles. The summed E-state index contributed by atoms with van der Waals surface area (Å²) >= 11 is 6.11. The van der Waals surface area contributed by atoms with Crippen LogP contribution in [0.25, 0.3) is 11.3 Å². The molecule has 1 aromatic heterocycles. The Kier molecular flexibility index (Phi) is 8.65. The first-order valence-corrected chi connectivity index (χ1v) is 10.5. The smallest absolute Gasteiger partial charge is 0.220 e. The SMILES string of the molecule is CN1CCOC(COc2ccc(-c3nc(N)ncc3Cl)cc2)C1.OC1CCCOC1. The topological polar surface area (TPSA) is 103 Å². The molecule has 3 heterocycles. The summed E-state index contributed by atoms with van der Waals surface area (Å²) < 4.78 is 16.4. The zero-order valence-corrected chi connectivity index (χ0v) is 17.9. The minimum atomic E-state index is -0.186. The fourth-order valence-electron chi connectivity index (χ4n) is 3.17. The van der Waals surface area contributed by atoms with Crippen LogP contribution in [0, 0.1) is 0 Å². The van der Waals surface area contributed by atoms with Gasteiger partial charge in [0.25, 0.3) is 0 Å². The molecule has 2 aromatic rings. The van der Waals surface area contributed by atoms with Gasteiger partial charge in [-0.25, -0.2) is 9.97 Å². The van der Waals surface area contributed by atoms with Crippen LogP contribution < -0.4 is 10.5 Å². The molecule has 30 heavy (non-hydrogen) atoms. The van der Waals surface area contributed by atoms with Crippen molar-refractivity contribution in [2.45, 2.75) is 25.0 Å². The summed E-state index contributed by atoms with van der Waals surface area (Å²) in [6.07, 6.45) is 3.35. The van der Waals surface area contributed by atoms with Gasteiger partial charge in [0.15, 0.2) is 0 Å². The van der Waals surface area contributed by atoms with Gasteiger partial charge < -0.3 is 30.0 Å². The van der Waals surface area contributed by atoms with Gasteiger partial charge in [0.1, 0.15) is 18.5 Å². The zero-order chi connectivity index (χ0) is 21.3. The Bertz CT molecular complexity index is 787. The quantitative estimate of drug-likeness (QED) is 0.752. The number of aliphatic hydroxyl groups excluding tert-OH is 1. The van der Waals surface area contributed by atoms with Crippen molar-refractivity contribution in [2.24, 2.45) is 0 Å². The van der Waals surface area contributed by atoms with Gasteiger partial charge in [-0.15, -0.1) is 0 Å². The first kappa shape index (κ1) is 22.7. The van der Waals surface area contributed by atoms with Gasteiger partial charge in [-0.05, 0) is 44.2 Å². The lowest BCUT2D eigenvalue weighted by Crippen LogP contribution is -2.42. The highest BCUT2D eigenvalue weighted by Gasteiger charge is 2.18. The van der Waals surface area contributed by atoms with Gasteiger partial charge in [0.05, 0.1) is 36.2 Å². The first-order valence-electron chi connectivity index (χ1n) is 10.1. The normalized spacial score (nSPS) is 22.1. The summed E-state index contributed by atoms with van der Waals surface area (Å²) in [6, 6.07) is 7.57. The number of anilines is 1. The van der Waals surface area contributed by atoms with Gasteiger partial charge in [-0.3, -0.25) is 0 Å². The average molecular weight is 437 g/mol. The monoisotopic (exact) mass is 436 g/mol. The lowest BCUT2D eigenvalue weighted by atomic mass is 10.1. The van der Waals surface area contributed by atoms with Crippen molar-refractivity contribution in [1.29, 1.82) is 0 Å². The number of halogens is 1. The van der Waals surface area contributed by atoms with Crippen molar-refractivity contribution in [3.8, 4) is 17.0 Å². The summed E-state index contributed by atoms with van der Waals surface area (Å²) in [7, 11) is 2.08. The number of hydrogen-bond donors (Lipinski definition) is 2. The predicted octanol–water partition coefficient (Wildman–Crippen LogP) is 2.25. The Labute approximate surface area is 181 Å². The van der Waals surface area contributed by atoms with Crippen LogP contribution in [0.2, 0.25) is 5.02 Å². The Morgan fingerprint density at radius 2 is 2.10 bits per heavy atom. The van der Waals surface area contributed by atoms with E-state index in [2.05, 4.69) is 21.9 Å². The summed E-state index contributed by atoms with van der Waals surface area (Å²) in [6.45, 7) is 4.50. The molecule has 9 heteroatoms. The van der Waals surface area contributed by atoms with Crippen LogP contribution in [-0.4, -0.2) is 78.7 Å². The fourth-order valence-corrected chi connectivity index (χ4v) is 3.37. The number of aromatic nitrogens is 2. The second-order valence-corrected chi connectivity index (χ2v) is 7.79. The first-order chi connectivity index (χ1) is 14.5. The maximum Gasteiger partial charge on any atom is 0.220 e. The van der Waals surface area contributed by atoms with Crippen LogP contribution in [0.4, 0.5) is 5.95 Å². The summed E-state index contributed by atoms with van der Waals surface area (Å²) in [4.78, 5) is 10.3. The maximum absolute atomic E-state index is 8.78. The number of nitrogens with two attached hydrogens (primary N) is 1. The third kappa shape index (κ3) is 7.07. The molecule has 2 saturated heterocycles. The molecule has 0 spiro atoms. The van der Waals surface area contributed by atoms with Crippen molar-refractivity contribution in [3.63, 3.8) is 0 Å². The number of nitrogen functional groups attached to an aromatic ring is 1. The Morgan fingerprint density at radius 1 is 1.30 bits per heavy atom. The molecule has 3 N–H and O–H groups in total. The summed E-state index contributed by atoms with van der Waals surface area (Å²) in [5.74, 6) is 0.979. The molecule has 2 fully saturated rings. The van der Waals surface area contributed by atoms with E-state index in [1.54, 1.807) is 0 Å². The van der Waals surface area contributed by atoms with Crippen molar-refractivity contribution in [1.82, 2.24) is 14.9 Å². The summed E-state index contributed by atoms with van der Waals surface area (Å²) in [5, 5.41) is 9.25.